The van der Waals surface area contributed by atoms with E-state index in [0.29, 0.717) is 26.1 Å². The van der Waals surface area contributed by atoms with E-state index in [2.05, 4.69) is 0 Å². The lowest BCUT2D eigenvalue weighted by atomic mass is 9.82. The first-order valence-electron chi connectivity index (χ1n) is 7.99. The molecule has 2 heterocycles. The van der Waals surface area contributed by atoms with Gasteiger partial charge in [0, 0.05) is 12.2 Å². The van der Waals surface area contributed by atoms with Crippen molar-refractivity contribution in [1.29, 1.82) is 0 Å². The second-order valence-electron chi connectivity index (χ2n) is 6.24. The largest absolute Gasteiger partial charge is 0.432 e. The second-order valence-corrected chi connectivity index (χ2v) is 6.24. The summed E-state index contributed by atoms with van der Waals surface area (Å²) in [6, 6.07) is 0. The maximum Gasteiger partial charge on any atom is 0.333 e. The van der Waals surface area contributed by atoms with Crippen LogP contribution in [0.5, 0.6) is 0 Å². The van der Waals surface area contributed by atoms with Gasteiger partial charge < -0.3 is 29.2 Å². The van der Waals surface area contributed by atoms with E-state index in [4.69, 9.17) is 18.9 Å². The van der Waals surface area contributed by atoms with Crippen molar-refractivity contribution in [2.75, 3.05) is 26.4 Å². The lowest BCUT2D eigenvalue weighted by Crippen LogP contribution is -2.56. The molecular weight excluding hydrogens is 320 g/mol. The highest BCUT2D eigenvalue weighted by Crippen LogP contribution is 2.39. The van der Waals surface area contributed by atoms with Gasteiger partial charge in [0.25, 0.3) is 0 Å². The standard InChI is InChI=1S/C16H24O8/c1-3-15(7-17)9-21-13(15)23-11(19)5-6-12(20)24-14-16(4-2,8-18)10-22-14/h5-6,13-14,17-18H,3-4,7-10H2,1-2H3/b6-5+. The van der Waals surface area contributed by atoms with Gasteiger partial charge in [-0.15, -0.1) is 0 Å². The number of ether oxygens (including phenoxy) is 4. The normalized spacial score (nSPS) is 35.2. The van der Waals surface area contributed by atoms with E-state index in [1.807, 2.05) is 13.8 Å². The summed E-state index contributed by atoms with van der Waals surface area (Å²) in [6.45, 7) is 4.09. The fourth-order valence-corrected chi connectivity index (χ4v) is 2.52. The topological polar surface area (TPSA) is 112 Å². The molecule has 136 valence electrons. The van der Waals surface area contributed by atoms with Gasteiger partial charge in [-0.3, -0.25) is 0 Å². The van der Waals surface area contributed by atoms with Crippen LogP contribution in [0.3, 0.4) is 0 Å². The summed E-state index contributed by atoms with van der Waals surface area (Å²) in [7, 11) is 0. The SMILES string of the molecule is CCC1(CO)COC1OC(=O)/C=C/C(=O)OC1OCC1(CC)CO. The van der Waals surface area contributed by atoms with Crippen LogP contribution in [0.2, 0.25) is 0 Å². The van der Waals surface area contributed by atoms with E-state index < -0.39 is 35.3 Å². The average molecular weight is 344 g/mol. The van der Waals surface area contributed by atoms with Gasteiger partial charge in [0.05, 0.1) is 37.3 Å². The number of hydrogen-bond acceptors (Lipinski definition) is 8. The van der Waals surface area contributed by atoms with Crippen molar-refractivity contribution in [3.05, 3.63) is 12.2 Å². The Bertz CT molecular complexity index is 437. The Balaban J connectivity index is 1.81. The highest BCUT2D eigenvalue weighted by atomic mass is 16.7. The number of rotatable bonds is 8. The lowest BCUT2D eigenvalue weighted by molar-refractivity contribution is -0.305. The molecule has 2 N–H and O–H groups in total. The zero-order valence-electron chi connectivity index (χ0n) is 13.9. The van der Waals surface area contributed by atoms with Crippen LogP contribution in [0.25, 0.3) is 0 Å². The first kappa shape index (κ1) is 18.9. The van der Waals surface area contributed by atoms with Gasteiger partial charge in [-0.2, -0.15) is 0 Å². The Morgan fingerprint density at radius 1 is 0.958 bits per heavy atom. The Morgan fingerprint density at radius 2 is 1.33 bits per heavy atom. The lowest BCUT2D eigenvalue weighted by Gasteiger charge is -2.46. The van der Waals surface area contributed by atoms with Gasteiger partial charge in [0.15, 0.2) is 0 Å². The van der Waals surface area contributed by atoms with Gasteiger partial charge in [0.2, 0.25) is 12.6 Å². The summed E-state index contributed by atoms with van der Waals surface area (Å²) in [5, 5.41) is 18.7. The zero-order chi connectivity index (χ0) is 17.8. The van der Waals surface area contributed by atoms with E-state index >= 15 is 0 Å². The maximum absolute atomic E-state index is 11.7. The number of carbonyl (C=O) groups is 2. The Morgan fingerprint density at radius 3 is 1.54 bits per heavy atom. The third kappa shape index (κ3) is 3.46. The minimum Gasteiger partial charge on any atom is -0.432 e. The summed E-state index contributed by atoms with van der Waals surface area (Å²) in [5.41, 5.74) is -1.16. The molecule has 2 fully saturated rings. The minimum atomic E-state index is -0.822. The molecule has 24 heavy (non-hydrogen) atoms. The molecular formula is C16H24O8. The van der Waals surface area contributed by atoms with E-state index in [1.165, 1.54) is 0 Å². The fourth-order valence-electron chi connectivity index (χ4n) is 2.52. The molecule has 0 saturated carbocycles. The maximum atomic E-state index is 11.7. The highest BCUT2D eigenvalue weighted by Gasteiger charge is 2.50. The highest BCUT2D eigenvalue weighted by molar-refractivity contribution is 5.91. The van der Waals surface area contributed by atoms with Crippen LogP contribution in [0.4, 0.5) is 0 Å². The Kier molecular flexibility index (Phi) is 5.97. The van der Waals surface area contributed by atoms with Crippen LogP contribution in [0, 0.1) is 10.8 Å². The van der Waals surface area contributed by atoms with E-state index in [9.17, 15) is 19.8 Å². The molecule has 0 aromatic rings. The monoisotopic (exact) mass is 344 g/mol. The van der Waals surface area contributed by atoms with Crippen molar-refractivity contribution >= 4 is 11.9 Å². The number of carbonyl (C=O) groups excluding carboxylic acids is 2. The van der Waals surface area contributed by atoms with Crippen molar-refractivity contribution in [3.8, 4) is 0 Å². The molecule has 2 aliphatic heterocycles. The summed E-state index contributed by atoms with van der Waals surface area (Å²) >= 11 is 0. The van der Waals surface area contributed by atoms with E-state index in [0.717, 1.165) is 12.2 Å². The summed E-state index contributed by atoms with van der Waals surface area (Å²) in [5.74, 6) is -1.53. The van der Waals surface area contributed by atoms with Crippen LogP contribution >= 0.6 is 0 Å². The van der Waals surface area contributed by atoms with Crippen molar-refractivity contribution < 1.29 is 38.7 Å². The third-order valence-electron chi connectivity index (χ3n) is 4.88. The molecule has 0 radical (unpaired) electrons. The molecule has 0 aliphatic carbocycles. The van der Waals surface area contributed by atoms with Gasteiger partial charge in [-0.25, -0.2) is 9.59 Å². The van der Waals surface area contributed by atoms with Crippen LogP contribution in [0.15, 0.2) is 12.2 Å². The Labute approximate surface area is 140 Å². The number of esters is 2. The molecule has 4 atom stereocenters. The summed E-state index contributed by atoms with van der Waals surface area (Å²) in [6.07, 6.45) is 1.44. The number of hydrogen-bond donors (Lipinski definition) is 2. The second kappa shape index (κ2) is 7.60. The van der Waals surface area contributed by atoms with Gasteiger partial charge >= 0.3 is 11.9 Å². The van der Waals surface area contributed by atoms with E-state index in [1.54, 1.807) is 0 Å². The summed E-state index contributed by atoms with van der Waals surface area (Å²) < 4.78 is 20.5. The van der Waals surface area contributed by atoms with Crippen molar-refractivity contribution in [2.24, 2.45) is 10.8 Å². The molecule has 2 rings (SSSR count). The molecule has 0 bridgehead atoms. The van der Waals surface area contributed by atoms with Crippen LogP contribution in [-0.4, -0.2) is 61.2 Å². The van der Waals surface area contributed by atoms with Crippen LogP contribution in [0.1, 0.15) is 26.7 Å². The zero-order valence-corrected chi connectivity index (χ0v) is 13.9. The van der Waals surface area contributed by atoms with E-state index in [-0.39, 0.29) is 13.2 Å². The van der Waals surface area contributed by atoms with Crippen molar-refractivity contribution in [1.82, 2.24) is 0 Å². The number of aliphatic hydroxyl groups excluding tert-OH is 2. The molecule has 0 aromatic heterocycles. The molecule has 0 aromatic carbocycles. The molecule has 8 heteroatoms. The molecule has 0 amide bonds. The van der Waals surface area contributed by atoms with Crippen molar-refractivity contribution in [3.63, 3.8) is 0 Å². The Hall–Kier alpha value is -1.48. The first-order chi connectivity index (χ1) is 11.4. The van der Waals surface area contributed by atoms with Gasteiger partial charge in [-0.1, -0.05) is 13.8 Å². The molecule has 2 saturated heterocycles. The smallest absolute Gasteiger partial charge is 0.333 e. The summed E-state index contributed by atoms with van der Waals surface area (Å²) in [4.78, 5) is 23.5. The molecule has 4 unspecified atom stereocenters. The quantitative estimate of drug-likeness (QED) is 0.472. The van der Waals surface area contributed by atoms with Crippen LogP contribution < -0.4 is 0 Å². The fraction of sp³-hybridized carbons (Fsp3) is 0.750. The average Bonchev–Trinajstić information content (AvgIpc) is 2.56. The molecule has 8 nitrogen and oxygen atoms in total. The molecule has 0 spiro atoms. The van der Waals surface area contributed by atoms with Crippen molar-refractivity contribution in [2.45, 2.75) is 39.3 Å². The van der Waals surface area contributed by atoms with Gasteiger partial charge in [0.1, 0.15) is 0 Å². The first-order valence-corrected chi connectivity index (χ1v) is 7.99. The molecule has 2 aliphatic rings. The van der Waals surface area contributed by atoms with Crippen LogP contribution in [-0.2, 0) is 28.5 Å². The minimum absolute atomic E-state index is 0.146. The van der Waals surface area contributed by atoms with Gasteiger partial charge in [-0.05, 0) is 12.8 Å². The predicted molar refractivity (Wildman–Crippen MR) is 80.4 cm³/mol. The predicted octanol–water partition coefficient (Wildman–Crippen LogP) is 0.119. The number of aliphatic hydroxyl groups is 2. The third-order valence-corrected chi connectivity index (χ3v) is 4.88.